The van der Waals surface area contributed by atoms with E-state index in [9.17, 15) is 4.79 Å². The quantitative estimate of drug-likeness (QED) is 0.626. The van der Waals surface area contributed by atoms with Crippen molar-refractivity contribution in [2.45, 2.75) is 0 Å². The predicted molar refractivity (Wildman–Crippen MR) is 83.2 cm³/mol. The molecule has 0 bridgehead atoms. The molecule has 0 fully saturated rings. The van der Waals surface area contributed by atoms with Crippen LogP contribution in [0.5, 0.6) is 0 Å². The van der Waals surface area contributed by atoms with Crippen molar-refractivity contribution in [2.75, 3.05) is 11.1 Å². The molecule has 0 aliphatic heterocycles. The second-order valence-electron chi connectivity index (χ2n) is 4.63. The molecular weight excluding hydrogens is 266 g/mol. The first-order valence-corrected chi connectivity index (χ1v) is 6.39. The number of nitrogens with zero attached hydrogens (tertiary/aromatic N) is 1. The fraction of sp³-hybridized carbons (Fsp3) is 0. The number of pyridine rings is 1. The van der Waals surface area contributed by atoms with E-state index in [1.165, 1.54) is 0 Å². The molecule has 1 aromatic heterocycles. The smallest absolute Gasteiger partial charge is 0.409 e. The minimum Gasteiger partial charge on any atom is -0.465 e. The van der Waals surface area contributed by atoms with Crippen LogP contribution in [0.2, 0.25) is 0 Å². The van der Waals surface area contributed by atoms with Crippen molar-refractivity contribution >= 4 is 28.4 Å². The Morgan fingerprint density at radius 2 is 1.86 bits per heavy atom. The molecule has 5 nitrogen and oxygen atoms in total. The molecule has 0 aliphatic rings. The summed E-state index contributed by atoms with van der Waals surface area (Å²) in [5, 5.41) is 12.2. The van der Waals surface area contributed by atoms with Crippen LogP contribution in [0.4, 0.5) is 16.2 Å². The van der Waals surface area contributed by atoms with E-state index >= 15 is 0 Å². The SMILES string of the molecule is Nc1ccc2nc(-c3ccccc3)c(NC(=O)O)cc2c1. The zero-order valence-corrected chi connectivity index (χ0v) is 11.1. The average molecular weight is 279 g/mol. The summed E-state index contributed by atoms with van der Waals surface area (Å²) in [6.07, 6.45) is -1.13. The van der Waals surface area contributed by atoms with Gasteiger partial charge in [-0.1, -0.05) is 30.3 Å². The summed E-state index contributed by atoms with van der Waals surface area (Å²) in [6.45, 7) is 0. The van der Waals surface area contributed by atoms with E-state index in [0.29, 0.717) is 17.1 Å². The van der Waals surface area contributed by atoms with Crippen LogP contribution in [0.3, 0.4) is 0 Å². The van der Waals surface area contributed by atoms with Gasteiger partial charge in [-0.15, -0.1) is 0 Å². The first-order valence-electron chi connectivity index (χ1n) is 6.39. The van der Waals surface area contributed by atoms with Gasteiger partial charge in [-0.2, -0.15) is 0 Å². The number of nitrogens with one attached hydrogen (secondary N) is 1. The summed E-state index contributed by atoms with van der Waals surface area (Å²) < 4.78 is 0. The number of nitrogens with two attached hydrogens (primary N) is 1. The highest BCUT2D eigenvalue weighted by Crippen LogP contribution is 2.30. The second kappa shape index (κ2) is 5.13. The number of benzene rings is 2. The number of carboxylic acid groups (broad SMARTS) is 1. The van der Waals surface area contributed by atoms with Crippen molar-refractivity contribution in [2.24, 2.45) is 0 Å². The molecule has 104 valence electrons. The van der Waals surface area contributed by atoms with Gasteiger partial charge in [0.15, 0.2) is 0 Å². The zero-order valence-electron chi connectivity index (χ0n) is 11.1. The Balaban J connectivity index is 2.25. The zero-order chi connectivity index (χ0) is 14.8. The molecule has 0 aliphatic carbocycles. The molecule has 0 saturated carbocycles. The Labute approximate surface area is 121 Å². The van der Waals surface area contributed by atoms with Gasteiger partial charge in [0.05, 0.1) is 16.9 Å². The van der Waals surface area contributed by atoms with E-state index in [1.54, 1.807) is 18.2 Å². The average Bonchev–Trinajstić information content (AvgIpc) is 2.47. The standard InChI is InChI=1S/C16H13N3O2/c17-12-6-7-13-11(8-12)9-14(19-16(20)21)15(18-13)10-4-2-1-3-5-10/h1-9,19H,17H2,(H,20,21). The topological polar surface area (TPSA) is 88.2 Å². The minimum atomic E-state index is -1.13. The molecule has 0 atom stereocenters. The van der Waals surface area contributed by atoms with Crippen LogP contribution in [0.15, 0.2) is 54.6 Å². The third-order valence-electron chi connectivity index (χ3n) is 3.13. The van der Waals surface area contributed by atoms with E-state index in [4.69, 9.17) is 10.8 Å². The number of rotatable bonds is 2. The molecule has 2 aromatic carbocycles. The van der Waals surface area contributed by atoms with Crippen molar-refractivity contribution in [1.29, 1.82) is 0 Å². The van der Waals surface area contributed by atoms with Gasteiger partial charge in [0, 0.05) is 16.6 Å². The van der Waals surface area contributed by atoms with Crippen LogP contribution < -0.4 is 11.1 Å². The van der Waals surface area contributed by atoms with Crippen LogP contribution in [-0.4, -0.2) is 16.2 Å². The molecule has 4 N–H and O–H groups in total. The lowest BCUT2D eigenvalue weighted by Crippen LogP contribution is -2.09. The number of fused-ring (bicyclic) bond motifs is 1. The van der Waals surface area contributed by atoms with Gasteiger partial charge < -0.3 is 10.8 Å². The number of hydrogen-bond donors (Lipinski definition) is 3. The summed E-state index contributed by atoms with van der Waals surface area (Å²) in [5.74, 6) is 0. The number of hydrogen-bond acceptors (Lipinski definition) is 3. The highest BCUT2D eigenvalue weighted by Gasteiger charge is 2.11. The Hall–Kier alpha value is -3.08. The van der Waals surface area contributed by atoms with E-state index in [0.717, 1.165) is 16.5 Å². The molecule has 1 heterocycles. The van der Waals surface area contributed by atoms with E-state index < -0.39 is 6.09 Å². The molecule has 5 heteroatoms. The number of anilines is 2. The number of carbonyl (C=O) groups is 1. The van der Waals surface area contributed by atoms with Gasteiger partial charge in [0.25, 0.3) is 0 Å². The highest BCUT2D eigenvalue weighted by molar-refractivity contribution is 5.95. The molecule has 21 heavy (non-hydrogen) atoms. The molecular formula is C16H13N3O2. The monoisotopic (exact) mass is 279 g/mol. The Kier molecular flexibility index (Phi) is 3.16. The van der Waals surface area contributed by atoms with Crippen LogP contribution in [0.1, 0.15) is 0 Å². The van der Waals surface area contributed by atoms with E-state index in [1.807, 2.05) is 36.4 Å². The lowest BCUT2D eigenvalue weighted by Gasteiger charge is -2.11. The molecule has 0 saturated heterocycles. The van der Waals surface area contributed by atoms with Gasteiger partial charge in [0.1, 0.15) is 0 Å². The van der Waals surface area contributed by atoms with Gasteiger partial charge in [-0.3, -0.25) is 5.32 Å². The van der Waals surface area contributed by atoms with E-state index in [2.05, 4.69) is 10.3 Å². The molecule has 0 unspecified atom stereocenters. The summed E-state index contributed by atoms with van der Waals surface area (Å²) in [7, 11) is 0. The fourth-order valence-electron chi connectivity index (χ4n) is 2.22. The Morgan fingerprint density at radius 1 is 1.10 bits per heavy atom. The molecule has 3 rings (SSSR count). The Morgan fingerprint density at radius 3 is 2.57 bits per heavy atom. The summed E-state index contributed by atoms with van der Waals surface area (Å²) in [6, 6.07) is 16.5. The van der Waals surface area contributed by atoms with Crippen LogP contribution in [0, 0.1) is 0 Å². The van der Waals surface area contributed by atoms with Gasteiger partial charge in [0.2, 0.25) is 0 Å². The normalized spacial score (nSPS) is 10.5. The maximum Gasteiger partial charge on any atom is 0.409 e. The van der Waals surface area contributed by atoms with Crippen molar-refractivity contribution in [3.8, 4) is 11.3 Å². The number of aromatic nitrogens is 1. The number of nitrogen functional groups attached to an aromatic ring is 1. The fourth-order valence-corrected chi connectivity index (χ4v) is 2.22. The lowest BCUT2D eigenvalue weighted by atomic mass is 10.1. The Bertz CT molecular complexity index is 816. The van der Waals surface area contributed by atoms with Crippen molar-refractivity contribution in [3.05, 3.63) is 54.6 Å². The largest absolute Gasteiger partial charge is 0.465 e. The summed E-state index contributed by atoms with van der Waals surface area (Å²) in [5.41, 5.74) is 9.01. The lowest BCUT2D eigenvalue weighted by molar-refractivity contribution is 0.210. The first-order chi connectivity index (χ1) is 10.1. The molecule has 0 radical (unpaired) electrons. The minimum absolute atomic E-state index is 0.437. The molecule has 3 aromatic rings. The highest BCUT2D eigenvalue weighted by atomic mass is 16.4. The number of amides is 1. The van der Waals surface area contributed by atoms with Gasteiger partial charge in [-0.05, 0) is 24.3 Å². The van der Waals surface area contributed by atoms with Crippen LogP contribution in [-0.2, 0) is 0 Å². The van der Waals surface area contributed by atoms with Crippen LogP contribution >= 0.6 is 0 Å². The first kappa shape index (κ1) is 12.9. The van der Waals surface area contributed by atoms with Gasteiger partial charge >= 0.3 is 6.09 Å². The van der Waals surface area contributed by atoms with Crippen molar-refractivity contribution < 1.29 is 9.90 Å². The molecule has 0 spiro atoms. The maximum absolute atomic E-state index is 11.0. The second-order valence-corrected chi connectivity index (χ2v) is 4.63. The van der Waals surface area contributed by atoms with Crippen molar-refractivity contribution in [1.82, 2.24) is 4.98 Å². The third kappa shape index (κ3) is 2.62. The van der Waals surface area contributed by atoms with E-state index in [-0.39, 0.29) is 0 Å². The summed E-state index contributed by atoms with van der Waals surface area (Å²) in [4.78, 5) is 15.5. The third-order valence-corrected chi connectivity index (χ3v) is 3.13. The predicted octanol–water partition coefficient (Wildman–Crippen LogP) is 3.57. The van der Waals surface area contributed by atoms with Crippen LogP contribution in [0.25, 0.3) is 22.2 Å². The molecule has 1 amide bonds. The summed E-state index contributed by atoms with van der Waals surface area (Å²) >= 11 is 0. The van der Waals surface area contributed by atoms with Crippen molar-refractivity contribution in [3.63, 3.8) is 0 Å². The van der Waals surface area contributed by atoms with Gasteiger partial charge in [-0.25, -0.2) is 9.78 Å². The maximum atomic E-state index is 11.0.